The molecule has 0 aliphatic carbocycles. The molecule has 0 N–H and O–H groups in total. The molecule has 2 heteroatoms. The lowest BCUT2D eigenvalue weighted by Crippen LogP contribution is -2.20. The molecule has 0 aromatic carbocycles. The third kappa shape index (κ3) is 2.14. The average Bonchev–Trinajstić information content (AvgIpc) is 2.36. The van der Waals surface area contributed by atoms with E-state index in [0.717, 1.165) is 31.5 Å². The van der Waals surface area contributed by atoms with Crippen LogP contribution in [0, 0.1) is 5.92 Å². The van der Waals surface area contributed by atoms with Gasteiger partial charge in [0.25, 0.3) is 0 Å². The molecule has 0 spiro atoms. The maximum Gasteiger partial charge on any atom is 0.181 e. The van der Waals surface area contributed by atoms with E-state index in [-0.39, 0.29) is 0 Å². The van der Waals surface area contributed by atoms with Gasteiger partial charge in [0.2, 0.25) is 0 Å². The first kappa shape index (κ1) is 8.44. The van der Waals surface area contributed by atoms with Gasteiger partial charge in [-0.25, -0.2) is 0 Å². The van der Waals surface area contributed by atoms with Crippen LogP contribution in [0.1, 0.15) is 20.3 Å². The molecule has 64 valence electrons. The van der Waals surface area contributed by atoms with Crippen LogP contribution >= 0.6 is 0 Å². The van der Waals surface area contributed by atoms with Gasteiger partial charge in [0.1, 0.15) is 0 Å². The number of hydrogen-bond acceptors (Lipinski definition) is 2. The minimum absolute atomic E-state index is 0.726. The zero-order valence-electron chi connectivity index (χ0n) is 7.47. The second kappa shape index (κ2) is 3.65. The first-order valence-corrected chi connectivity index (χ1v) is 4.30. The molecule has 1 atom stereocenters. The standard InChI is InChI=1S/C9H17NO/c1-4-11-9(3)10-6-5-8(2)7-10/h8H,3-7H2,1-2H3. The molecular weight excluding hydrogens is 138 g/mol. The van der Waals surface area contributed by atoms with Gasteiger partial charge in [-0.2, -0.15) is 0 Å². The van der Waals surface area contributed by atoms with Crippen LogP contribution in [0.15, 0.2) is 12.5 Å². The van der Waals surface area contributed by atoms with Crippen molar-refractivity contribution in [2.24, 2.45) is 5.92 Å². The van der Waals surface area contributed by atoms with Gasteiger partial charge in [-0.05, 0) is 25.8 Å². The minimum atomic E-state index is 0.726. The summed E-state index contributed by atoms with van der Waals surface area (Å²) < 4.78 is 5.31. The quantitative estimate of drug-likeness (QED) is 0.576. The van der Waals surface area contributed by atoms with E-state index < -0.39 is 0 Å². The Kier molecular flexibility index (Phi) is 2.80. The summed E-state index contributed by atoms with van der Waals surface area (Å²) in [7, 11) is 0. The van der Waals surface area contributed by atoms with Crippen molar-refractivity contribution in [1.29, 1.82) is 0 Å². The Labute approximate surface area is 68.8 Å². The number of ether oxygens (including phenoxy) is 1. The van der Waals surface area contributed by atoms with Crippen LogP contribution in [-0.2, 0) is 4.74 Å². The van der Waals surface area contributed by atoms with E-state index in [2.05, 4.69) is 18.4 Å². The van der Waals surface area contributed by atoms with Gasteiger partial charge in [-0.1, -0.05) is 6.92 Å². The molecule has 0 amide bonds. The molecule has 11 heavy (non-hydrogen) atoms. The average molecular weight is 155 g/mol. The zero-order valence-corrected chi connectivity index (χ0v) is 7.47. The number of nitrogens with zero attached hydrogens (tertiary/aromatic N) is 1. The van der Waals surface area contributed by atoms with Crippen LogP contribution in [-0.4, -0.2) is 24.6 Å². The molecule has 0 aromatic heterocycles. The van der Waals surface area contributed by atoms with E-state index in [1.54, 1.807) is 0 Å². The molecule has 1 fully saturated rings. The highest BCUT2D eigenvalue weighted by Crippen LogP contribution is 2.18. The van der Waals surface area contributed by atoms with Crippen LogP contribution in [0.4, 0.5) is 0 Å². The summed E-state index contributed by atoms with van der Waals surface area (Å²) in [6.07, 6.45) is 1.27. The van der Waals surface area contributed by atoms with E-state index in [1.165, 1.54) is 6.42 Å². The molecule has 1 rings (SSSR count). The van der Waals surface area contributed by atoms with E-state index in [4.69, 9.17) is 4.74 Å². The maximum atomic E-state index is 5.31. The highest BCUT2D eigenvalue weighted by atomic mass is 16.5. The Balaban J connectivity index is 2.31. The monoisotopic (exact) mass is 155 g/mol. The van der Waals surface area contributed by atoms with Gasteiger partial charge in [-0.15, -0.1) is 0 Å². The molecular formula is C9H17NO. The molecule has 2 nitrogen and oxygen atoms in total. The van der Waals surface area contributed by atoms with Crippen molar-refractivity contribution >= 4 is 0 Å². The van der Waals surface area contributed by atoms with Gasteiger partial charge in [0, 0.05) is 13.1 Å². The van der Waals surface area contributed by atoms with Crippen molar-refractivity contribution in [3.63, 3.8) is 0 Å². The van der Waals surface area contributed by atoms with Crippen LogP contribution in [0.3, 0.4) is 0 Å². The van der Waals surface area contributed by atoms with Crippen LogP contribution < -0.4 is 0 Å². The Morgan fingerprint density at radius 1 is 1.73 bits per heavy atom. The van der Waals surface area contributed by atoms with Crippen molar-refractivity contribution < 1.29 is 4.74 Å². The Hall–Kier alpha value is -0.660. The summed E-state index contributed by atoms with van der Waals surface area (Å²) in [4.78, 5) is 2.22. The second-order valence-electron chi connectivity index (χ2n) is 3.17. The van der Waals surface area contributed by atoms with Gasteiger partial charge in [-0.3, -0.25) is 0 Å². The van der Waals surface area contributed by atoms with E-state index >= 15 is 0 Å². The fourth-order valence-electron chi connectivity index (χ4n) is 1.42. The summed E-state index contributed by atoms with van der Waals surface area (Å²) in [5.41, 5.74) is 0. The van der Waals surface area contributed by atoms with Crippen molar-refractivity contribution in [3.8, 4) is 0 Å². The predicted molar refractivity (Wildman–Crippen MR) is 46.1 cm³/mol. The van der Waals surface area contributed by atoms with E-state index in [9.17, 15) is 0 Å². The fourth-order valence-corrected chi connectivity index (χ4v) is 1.42. The number of hydrogen-bond donors (Lipinski definition) is 0. The highest BCUT2D eigenvalue weighted by Gasteiger charge is 2.19. The predicted octanol–water partition coefficient (Wildman–Crippen LogP) is 1.84. The largest absolute Gasteiger partial charge is 0.480 e. The molecule has 1 heterocycles. The Morgan fingerprint density at radius 2 is 2.45 bits per heavy atom. The van der Waals surface area contributed by atoms with Crippen LogP contribution in [0.25, 0.3) is 0 Å². The first-order valence-electron chi connectivity index (χ1n) is 4.30. The van der Waals surface area contributed by atoms with Crippen molar-refractivity contribution in [2.75, 3.05) is 19.7 Å². The number of likely N-dealkylation sites (tertiary alicyclic amines) is 1. The second-order valence-corrected chi connectivity index (χ2v) is 3.17. The maximum absolute atomic E-state index is 5.31. The third-order valence-corrected chi connectivity index (χ3v) is 2.09. The molecule has 0 saturated carbocycles. The molecule has 0 bridgehead atoms. The molecule has 1 unspecified atom stereocenters. The number of rotatable bonds is 3. The van der Waals surface area contributed by atoms with Gasteiger partial charge in [0.15, 0.2) is 5.88 Å². The Morgan fingerprint density at radius 3 is 2.91 bits per heavy atom. The summed E-state index contributed by atoms with van der Waals surface area (Å²) in [5, 5.41) is 0. The summed E-state index contributed by atoms with van der Waals surface area (Å²) in [6.45, 7) is 11.1. The highest BCUT2D eigenvalue weighted by molar-refractivity contribution is 4.88. The Bertz CT molecular complexity index is 144. The summed E-state index contributed by atoms with van der Waals surface area (Å²) in [5.74, 6) is 1.64. The van der Waals surface area contributed by atoms with Gasteiger partial charge >= 0.3 is 0 Å². The lowest BCUT2D eigenvalue weighted by atomic mass is 10.2. The van der Waals surface area contributed by atoms with Crippen molar-refractivity contribution in [2.45, 2.75) is 20.3 Å². The zero-order chi connectivity index (χ0) is 8.27. The lowest BCUT2D eigenvalue weighted by Gasteiger charge is -2.19. The minimum Gasteiger partial charge on any atom is -0.480 e. The molecule has 1 aliphatic heterocycles. The molecule has 0 radical (unpaired) electrons. The topological polar surface area (TPSA) is 12.5 Å². The van der Waals surface area contributed by atoms with E-state index in [0.29, 0.717) is 0 Å². The fraction of sp³-hybridized carbons (Fsp3) is 0.778. The summed E-state index contributed by atoms with van der Waals surface area (Å²) >= 11 is 0. The van der Waals surface area contributed by atoms with Crippen molar-refractivity contribution in [3.05, 3.63) is 12.5 Å². The van der Waals surface area contributed by atoms with E-state index in [1.807, 2.05) is 6.92 Å². The van der Waals surface area contributed by atoms with Crippen LogP contribution in [0.5, 0.6) is 0 Å². The molecule has 1 aliphatic rings. The smallest absolute Gasteiger partial charge is 0.181 e. The lowest BCUT2D eigenvalue weighted by molar-refractivity contribution is 0.136. The molecule has 1 saturated heterocycles. The first-order chi connectivity index (χ1) is 5.24. The molecule has 0 aromatic rings. The SMILES string of the molecule is C=C(OCC)N1CCC(C)C1. The third-order valence-electron chi connectivity index (χ3n) is 2.09. The van der Waals surface area contributed by atoms with Gasteiger partial charge in [0.05, 0.1) is 6.61 Å². The van der Waals surface area contributed by atoms with Crippen molar-refractivity contribution in [1.82, 2.24) is 4.90 Å². The van der Waals surface area contributed by atoms with Gasteiger partial charge < -0.3 is 9.64 Å². The summed E-state index contributed by atoms with van der Waals surface area (Å²) in [6, 6.07) is 0. The van der Waals surface area contributed by atoms with Crippen LogP contribution in [0.2, 0.25) is 0 Å². The normalized spacial score (nSPS) is 23.8.